The van der Waals surface area contributed by atoms with E-state index in [-0.39, 0.29) is 0 Å². The van der Waals surface area contributed by atoms with E-state index in [4.69, 9.17) is 18.9 Å². The zero-order valence-electron chi connectivity index (χ0n) is 16.5. The Balaban J connectivity index is 1.59. The number of hydrogen-bond acceptors (Lipinski definition) is 4. The van der Waals surface area contributed by atoms with Gasteiger partial charge in [0.15, 0.2) is 6.71 Å². The van der Waals surface area contributed by atoms with Gasteiger partial charge in [-0.15, -0.1) is 0 Å². The molecule has 2 saturated heterocycles. The smallest absolute Gasteiger partial charge is 0.183 e. The minimum Gasteiger partial charge on any atom is -0.377 e. The molecule has 0 saturated carbocycles. The maximum absolute atomic E-state index is 6.00. The predicted octanol–water partition coefficient (Wildman–Crippen LogP) is 3.58. The van der Waals surface area contributed by atoms with Crippen LogP contribution in [0.2, 0.25) is 11.6 Å². The van der Waals surface area contributed by atoms with E-state index in [2.05, 4.69) is 18.2 Å². The van der Waals surface area contributed by atoms with Crippen molar-refractivity contribution in [2.45, 2.75) is 63.4 Å². The first-order valence-corrected chi connectivity index (χ1v) is 10.8. The second-order valence-corrected chi connectivity index (χ2v) is 8.23. The molecule has 0 aliphatic carbocycles. The van der Waals surface area contributed by atoms with E-state index in [0.29, 0.717) is 59.6 Å². The van der Waals surface area contributed by atoms with Crippen LogP contribution in [0, 0.1) is 0 Å². The Labute approximate surface area is 164 Å². The molecule has 4 nitrogen and oxygen atoms in total. The third-order valence-corrected chi connectivity index (χ3v) is 6.57. The fourth-order valence-electron chi connectivity index (χ4n) is 5.42. The van der Waals surface area contributed by atoms with Crippen LogP contribution in [0.1, 0.15) is 49.7 Å². The molecule has 0 N–H and O–H groups in total. The van der Waals surface area contributed by atoms with E-state index in [1.807, 2.05) is 0 Å². The Morgan fingerprint density at radius 3 is 1.56 bits per heavy atom. The molecule has 0 atom stereocenters. The molecule has 2 fully saturated rings. The summed E-state index contributed by atoms with van der Waals surface area (Å²) in [5.41, 5.74) is 4.28. The fourth-order valence-corrected chi connectivity index (χ4v) is 5.42. The molecule has 1 aromatic carbocycles. The molecule has 0 amide bonds. The van der Waals surface area contributed by atoms with Gasteiger partial charge in [0.2, 0.25) is 0 Å². The SMILES string of the molecule is c1cc2c(B3C4CCCC3CCC4)c(c1)COCCOCCOCCOC2. The van der Waals surface area contributed by atoms with Crippen molar-refractivity contribution in [1.82, 2.24) is 0 Å². The molecular weight excluding hydrogens is 339 g/mol. The topological polar surface area (TPSA) is 36.9 Å². The first-order valence-electron chi connectivity index (χ1n) is 10.8. The Morgan fingerprint density at radius 2 is 1.07 bits per heavy atom. The summed E-state index contributed by atoms with van der Waals surface area (Å²) in [5.74, 6) is 1.68. The van der Waals surface area contributed by atoms with Gasteiger partial charge in [0.05, 0.1) is 52.9 Å². The molecule has 0 radical (unpaired) electrons. The van der Waals surface area contributed by atoms with Gasteiger partial charge in [-0.05, 0) is 11.1 Å². The van der Waals surface area contributed by atoms with Crippen LogP contribution in [-0.2, 0) is 32.2 Å². The van der Waals surface area contributed by atoms with Crippen molar-refractivity contribution in [2.24, 2.45) is 0 Å². The molecule has 0 aromatic heterocycles. The summed E-state index contributed by atoms with van der Waals surface area (Å²) < 4.78 is 23.2. The number of hydrogen-bond donors (Lipinski definition) is 0. The average molecular weight is 372 g/mol. The van der Waals surface area contributed by atoms with Crippen LogP contribution in [0.5, 0.6) is 0 Å². The molecule has 3 aliphatic rings. The standard InChI is InChI=1S/C22H33BO4/c1-4-18-16-26-14-12-24-10-11-25-13-15-27-17-19(5-1)22(18)23-20-6-2-7-21(23)9-3-8-20/h1,4-5,20-21H,2-3,6-17H2. The first-order chi connectivity index (χ1) is 13.4. The van der Waals surface area contributed by atoms with Crippen molar-refractivity contribution in [3.8, 4) is 0 Å². The Kier molecular flexibility index (Phi) is 7.24. The lowest BCUT2D eigenvalue weighted by molar-refractivity contribution is -0.00523. The maximum Gasteiger partial charge on any atom is 0.183 e. The monoisotopic (exact) mass is 372 g/mol. The van der Waals surface area contributed by atoms with E-state index in [1.54, 1.807) is 5.46 Å². The van der Waals surface area contributed by atoms with Crippen LogP contribution in [0.25, 0.3) is 0 Å². The number of rotatable bonds is 1. The van der Waals surface area contributed by atoms with E-state index in [1.165, 1.54) is 49.7 Å². The van der Waals surface area contributed by atoms with Crippen molar-refractivity contribution >= 4 is 12.2 Å². The van der Waals surface area contributed by atoms with Gasteiger partial charge < -0.3 is 18.9 Å². The van der Waals surface area contributed by atoms with Crippen LogP contribution in [0.3, 0.4) is 0 Å². The van der Waals surface area contributed by atoms with Gasteiger partial charge in [-0.2, -0.15) is 0 Å². The van der Waals surface area contributed by atoms with Crippen molar-refractivity contribution in [2.75, 3.05) is 39.6 Å². The molecule has 0 unspecified atom stereocenters. The molecular formula is C22H33BO4. The van der Waals surface area contributed by atoms with E-state index < -0.39 is 0 Å². The quantitative estimate of drug-likeness (QED) is 0.707. The van der Waals surface area contributed by atoms with E-state index in [0.717, 1.165) is 11.6 Å². The van der Waals surface area contributed by atoms with Crippen molar-refractivity contribution in [1.29, 1.82) is 0 Å². The molecule has 4 bridgehead atoms. The molecule has 1 aromatic rings. The highest BCUT2D eigenvalue weighted by Crippen LogP contribution is 2.46. The highest BCUT2D eigenvalue weighted by atomic mass is 16.6. The third-order valence-electron chi connectivity index (χ3n) is 6.57. The normalized spacial score (nSPS) is 28.2. The number of ether oxygens (including phenoxy) is 4. The fraction of sp³-hybridized carbons (Fsp3) is 0.727. The van der Waals surface area contributed by atoms with Gasteiger partial charge in [0, 0.05) is 0 Å². The van der Waals surface area contributed by atoms with Crippen LogP contribution < -0.4 is 5.46 Å². The van der Waals surface area contributed by atoms with Gasteiger partial charge in [0.1, 0.15) is 0 Å². The zero-order valence-corrected chi connectivity index (χ0v) is 16.5. The summed E-state index contributed by atoms with van der Waals surface area (Å²) in [6.07, 6.45) is 8.36. The van der Waals surface area contributed by atoms with Gasteiger partial charge in [-0.1, -0.05) is 73.8 Å². The molecule has 3 aliphatic heterocycles. The van der Waals surface area contributed by atoms with Crippen molar-refractivity contribution in [3.05, 3.63) is 29.3 Å². The van der Waals surface area contributed by atoms with Crippen LogP contribution in [-0.4, -0.2) is 46.4 Å². The lowest BCUT2D eigenvalue weighted by Crippen LogP contribution is -2.47. The summed E-state index contributed by atoms with van der Waals surface area (Å²) in [4.78, 5) is 0. The molecule has 4 rings (SSSR count). The molecule has 3 heterocycles. The lowest BCUT2D eigenvalue weighted by Gasteiger charge is -2.42. The third kappa shape index (κ3) is 4.95. The number of benzene rings is 1. The van der Waals surface area contributed by atoms with Gasteiger partial charge in [-0.3, -0.25) is 0 Å². The van der Waals surface area contributed by atoms with Gasteiger partial charge in [0.25, 0.3) is 0 Å². The summed E-state index contributed by atoms with van der Waals surface area (Å²) >= 11 is 0. The van der Waals surface area contributed by atoms with Gasteiger partial charge in [-0.25, -0.2) is 0 Å². The van der Waals surface area contributed by atoms with Crippen LogP contribution in [0.4, 0.5) is 0 Å². The highest BCUT2D eigenvalue weighted by molar-refractivity contribution is 6.77. The van der Waals surface area contributed by atoms with Crippen LogP contribution >= 0.6 is 0 Å². The Bertz CT molecular complexity index is 539. The van der Waals surface area contributed by atoms with E-state index in [9.17, 15) is 0 Å². The molecule has 148 valence electrons. The summed E-state index contributed by atoms with van der Waals surface area (Å²) in [6.45, 7) is 5.82. The van der Waals surface area contributed by atoms with E-state index >= 15 is 0 Å². The summed E-state index contributed by atoms with van der Waals surface area (Å²) in [7, 11) is 0. The minimum absolute atomic E-state index is 0.619. The summed E-state index contributed by atoms with van der Waals surface area (Å²) in [5, 5.41) is 0. The van der Waals surface area contributed by atoms with Crippen molar-refractivity contribution < 1.29 is 18.9 Å². The lowest BCUT2D eigenvalue weighted by atomic mass is 9.24. The average Bonchev–Trinajstić information content (AvgIpc) is 2.68. The second-order valence-electron chi connectivity index (χ2n) is 8.23. The number of fused-ring (bicyclic) bond motifs is 5. The molecule has 27 heavy (non-hydrogen) atoms. The minimum atomic E-state index is 0.619. The molecule has 5 heteroatoms. The largest absolute Gasteiger partial charge is 0.377 e. The summed E-state index contributed by atoms with van der Waals surface area (Å²) in [6, 6.07) is 6.71. The Hall–Kier alpha value is -0.875. The zero-order chi connectivity index (χ0) is 18.3. The van der Waals surface area contributed by atoms with Crippen LogP contribution in [0.15, 0.2) is 18.2 Å². The second kappa shape index (κ2) is 10.1. The molecule has 0 spiro atoms. The highest BCUT2D eigenvalue weighted by Gasteiger charge is 2.42. The van der Waals surface area contributed by atoms with Gasteiger partial charge >= 0.3 is 0 Å². The first kappa shape index (κ1) is 19.4. The maximum atomic E-state index is 6.00. The Morgan fingerprint density at radius 1 is 0.630 bits per heavy atom. The van der Waals surface area contributed by atoms with Crippen molar-refractivity contribution in [3.63, 3.8) is 0 Å². The predicted molar refractivity (Wildman–Crippen MR) is 108 cm³/mol.